The number of aromatic amines is 1. The summed E-state index contributed by atoms with van der Waals surface area (Å²) in [6.45, 7) is 1.47. The summed E-state index contributed by atoms with van der Waals surface area (Å²) in [4.78, 5) is 26.6. The number of hydrogen-bond acceptors (Lipinski definition) is 6. The van der Waals surface area contributed by atoms with Crippen molar-refractivity contribution in [3.63, 3.8) is 0 Å². The van der Waals surface area contributed by atoms with E-state index in [1.807, 2.05) is 0 Å². The normalized spacial score (nSPS) is 12.1. The number of nitrogens with one attached hydrogen (secondary N) is 2. The first-order chi connectivity index (χ1) is 17.7. The molecule has 0 aliphatic rings. The van der Waals surface area contributed by atoms with E-state index in [2.05, 4.69) is 20.6 Å². The van der Waals surface area contributed by atoms with Crippen molar-refractivity contribution in [2.24, 2.45) is 7.05 Å². The van der Waals surface area contributed by atoms with E-state index in [-0.39, 0.29) is 29.2 Å². The zero-order valence-electron chi connectivity index (χ0n) is 20.5. The van der Waals surface area contributed by atoms with E-state index >= 15 is 0 Å². The fourth-order valence-electron chi connectivity index (χ4n) is 4.01. The fraction of sp³-hybridized carbons (Fsp3) is 0.250. The molecule has 0 spiro atoms. The number of aryl methyl sites for hydroxylation is 1. The highest BCUT2D eigenvalue weighted by Gasteiger charge is 2.31. The quantitative estimate of drug-likeness (QED) is 0.365. The molecule has 1 amide bonds. The van der Waals surface area contributed by atoms with Crippen molar-refractivity contribution in [3.8, 4) is 16.9 Å². The van der Waals surface area contributed by atoms with Crippen molar-refractivity contribution >= 4 is 15.7 Å². The first-order valence-electron chi connectivity index (χ1n) is 11.2. The third-order valence-corrected chi connectivity index (χ3v) is 6.57. The molecule has 0 aliphatic carbocycles. The zero-order valence-corrected chi connectivity index (χ0v) is 21.3. The largest absolute Gasteiger partial charge is 0.416 e. The number of alkyl halides is 3. The molecule has 4 aromatic rings. The Bertz CT molecular complexity index is 1690. The molecule has 0 aliphatic heterocycles. The van der Waals surface area contributed by atoms with Crippen LogP contribution in [0.5, 0.6) is 0 Å². The molecule has 2 N–H and O–H groups in total. The van der Waals surface area contributed by atoms with Crippen LogP contribution in [0.3, 0.4) is 0 Å². The van der Waals surface area contributed by atoms with Gasteiger partial charge in [0.15, 0.2) is 9.84 Å². The van der Waals surface area contributed by atoms with Crippen LogP contribution in [0.4, 0.5) is 13.2 Å². The van der Waals surface area contributed by atoms with Gasteiger partial charge in [-0.1, -0.05) is 6.07 Å². The third kappa shape index (κ3) is 5.69. The topological polar surface area (TPSA) is 132 Å². The van der Waals surface area contributed by atoms with Gasteiger partial charge in [0.2, 0.25) is 0 Å². The van der Waals surface area contributed by atoms with Crippen LogP contribution in [-0.4, -0.2) is 45.1 Å². The molecule has 10 nitrogen and oxygen atoms in total. The number of pyridine rings is 1. The maximum Gasteiger partial charge on any atom is 0.416 e. The van der Waals surface area contributed by atoms with Gasteiger partial charge in [0.1, 0.15) is 5.56 Å². The maximum atomic E-state index is 13.5. The highest BCUT2D eigenvalue weighted by atomic mass is 32.2. The molecule has 14 heteroatoms. The van der Waals surface area contributed by atoms with Crippen molar-refractivity contribution in [1.29, 1.82) is 0 Å². The molecule has 200 valence electrons. The van der Waals surface area contributed by atoms with E-state index in [0.29, 0.717) is 22.6 Å². The van der Waals surface area contributed by atoms with Gasteiger partial charge in [-0.25, -0.2) is 8.42 Å². The van der Waals surface area contributed by atoms with Crippen molar-refractivity contribution in [1.82, 2.24) is 29.9 Å². The van der Waals surface area contributed by atoms with Crippen LogP contribution in [0.2, 0.25) is 0 Å². The lowest BCUT2D eigenvalue weighted by Gasteiger charge is -2.18. The van der Waals surface area contributed by atoms with Crippen LogP contribution in [0.15, 0.2) is 53.5 Å². The summed E-state index contributed by atoms with van der Waals surface area (Å²) in [6.07, 6.45) is -2.05. The smallest absolute Gasteiger partial charge is 0.346 e. The first kappa shape index (κ1) is 26.9. The SMILES string of the molecule is Cc1c(-c2ccnn2C)cc(C(=O)NCc2cc(CS(C)(=O)=O)n[nH]2)c(=O)n1-c1cccc(C(F)(F)F)c1. The Morgan fingerprint density at radius 3 is 2.53 bits per heavy atom. The number of hydrogen-bond donors (Lipinski definition) is 2. The second-order valence-corrected chi connectivity index (χ2v) is 10.9. The van der Waals surface area contributed by atoms with E-state index in [1.165, 1.54) is 35.1 Å². The van der Waals surface area contributed by atoms with Gasteiger partial charge >= 0.3 is 6.18 Å². The third-order valence-electron chi connectivity index (χ3n) is 5.75. The summed E-state index contributed by atoms with van der Waals surface area (Å²) < 4.78 is 65.7. The van der Waals surface area contributed by atoms with Crippen LogP contribution in [0.25, 0.3) is 16.9 Å². The van der Waals surface area contributed by atoms with E-state index in [9.17, 15) is 31.2 Å². The Kier molecular flexibility index (Phi) is 7.02. The van der Waals surface area contributed by atoms with Gasteiger partial charge in [-0.05, 0) is 43.3 Å². The van der Waals surface area contributed by atoms with Gasteiger partial charge < -0.3 is 5.32 Å². The van der Waals surface area contributed by atoms with Gasteiger partial charge in [-0.15, -0.1) is 0 Å². The van der Waals surface area contributed by atoms with Gasteiger partial charge in [0, 0.05) is 36.4 Å². The molecule has 0 atom stereocenters. The Morgan fingerprint density at radius 1 is 1.16 bits per heavy atom. The first-order valence-corrected chi connectivity index (χ1v) is 13.2. The van der Waals surface area contributed by atoms with Crippen LogP contribution in [0.1, 0.15) is 33.0 Å². The van der Waals surface area contributed by atoms with Crippen molar-refractivity contribution < 1.29 is 26.4 Å². The fourth-order valence-corrected chi connectivity index (χ4v) is 4.69. The predicted octanol–water partition coefficient (Wildman–Crippen LogP) is 2.76. The molecule has 0 unspecified atom stereocenters. The number of halogens is 3. The van der Waals surface area contributed by atoms with Crippen molar-refractivity contribution in [2.45, 2.75) is 25.4 Å². The van der Waals surface area contributed by atoms with Crippen LogP contribution >= 0.6 is 0 Å². The second kappa shape index (κ2) is 9.93. The summed E-state index contributed by atoms with van der Waals surface area (Å²) in [5, 5.41) is 13.2. The van der Waals surface area contributed by atoms with Crippen LogP contribution < -0.4 is 10.9 Å². The Hall–Kier alpha value is -4.20. The Labute approximate surface area is 215 Å². The highest BCUT2D eigenvalue weighted by molar-refractivity contribution is 7.89. The van der Waals surface area contributed by atoms with Gasteiger partial charge in [0.25, 0.3) is 11.5 Å². The molecule has 3 aromatic heterocycles. The van der Waals surface area contributed by atoms with Crippen LogP contribution in [-0.2, 0) is 35.4 Å². The number of H-pyrrole nitrogens is 1. The van der Waals surface area contributed by atoms with Crippen molar-refractivity contribution in [2.75, 3.05) is 6.26 Å². The lowest BCUT2D eigenvalue weighted by molar-refractivity contribution is -0.137. The maximum absolute atomic E-state index is 13.5. The number of carbonyl (C=O) groups is 1. The summed E-state index contributed by atoms with van der Waals surface area (Å²) in [5.74, 6) is -1.07. The van der Waals surface area contributed by atoms with Crippen molar-refractivity contribution in [3.05, 3.63) is 87.2 Å². The predicted molar refractivity (Wildman–Crippen MR) is 132 cm³/mol. The minimum absolute atomic E-state index is 0.0561. The zero-order chi connectivity index (χ0) is 27.8. The molecule has 0 saturated heterocycles. The molecular formula is C24H23F3N6O4S. The van der Waals surface area contributed by atoms with E-state index in [1.54, 1.807) is 20.0 Å². The molecule has 0 bridgehead atoms. The average Bonchev–Trinajstić information content (AvgIpc) is 3.45. The lowest BCUT2D eigenvalue weighted by atomic mass is 10.1. The number of carbonyl (C=O) groups excluding carboxylic acids is 1. The molecule has 4 rings (SSSR count). The average molecular weight is 549 g/mol. The number of amides is 1. The van der Waals surface area contributed by atoms with Gasteiger partial charge in [-0.2, -0.15) is 23.4 Å². The number of benzene rings is 1. The van der Waals surface area contributed by atoms with Crippen LogP contribution in [0, 0.1) is 6.92 Å². The number of sulfone groups is 1. The standard InChI is InChI=1S/C24H23F3N6O4S/c1-14-19(21-7-8-29-32(21)2)11-20(22(34)28-12-16-10-17(31-30-16)13-38(3,36)37)23(35)33(14)18-6-4-5-15(9-18)24(25,26)27/h4-11H,12-13H2,1-3H3,(H,28,34)(H,30,31). The molecule has 0 radical (unpaired) electrons. The molecule has 1 aromatic carbocycles. The number of rotatable bonds is 7. The lowest BCUT2D eigenvalue weighted by Crippen LogP contribution is -2.33. The minimum Gasteiger partial charge on any atom is -0.346 e. The molecule has 38 heavy (non-hydrogen) atoms. The Balaban J connectivity index is 1.76. The molecule has 3 heterocycles. The van der Waals surface area contributed by atoms with Gasteiger partial charge in [0.05, 0.1) is 34.9 Å². The van der Waals surface area contributed by atoms with E-state index in [0.717, 1.165) is 23.0 Å². The van der Waals surface area contributed by atoms with Gasteiger partial charge in [-0.3, -0.25) is 23.9 Å². The summed E-state index contributed by atoms with van der Waals surface area (Å²) >= 11 is 0. The highest BCUT2D eigenvalue weighted by Crippen LogP contribution is 2.31. The molecular weight excluding hydrogens is 525 g/mol. The number of aromatic nitrogens is 5. The Morgan fingerprint density at radius 2 is 1.89 bits per heavy atom. The summed E-state index contributed by atoms with van der Waals surface area (Å²) in [5.41, 5.74) is -0.185. The summed E-state index contributed by atoms with van der Waals surface area (Å²) in [7, 11) is -1.66. The molecule has 0 saturated carbocycles. The van der Waals surface area contributed by atoms with E-state index < -0.39 is 33.0 Å². The van der Waals surface area contributed by atoms with E-state index in [4.69, 9.17) is 0 Å². The minimum atomic E-state index is -4.63. The monoisotopic (exact) mass is 548 g/mol. The molecule has 0 fully saturated rings. The number of nitrogens with zero attached hydrogens (tertiary/aromatic N) is 4. The summed E-state index contributed by atoms with van der Waals surface area (Å²) in [6, 6.07) is 8.77. The second-order valence-electron chi connectivity index (χ2n) is 8.72.